The Hall–Kier alpha value is -1.22. The minimum absolute atomic E-state index is 0.225. The molecule has 1 aromatic carbocycles. The Kier molecular flexibility index (Phi) is 5.84. The van der Waals surface area contributed by atoms with Gasteiger partial charge in [-0.25, -0.2) is 0 Å². The molecule has 0 aliphatic rings. The predicted molar refractivity (Wildman–Crippen MR) is 70.8 cm³/mol. The number of benzene rings is 1. The standard InChI is InChI=1S/C14H23NO2/c1-5-11(3)17-14-9-13(16-4)8-7-12(14)10-15-6-2/h7-9,11,15H,5-6,10H2,1-4H3. The van der Waals surface area contributed by atoms with Crippen molar-refractivity contribution >= 4 is 0 Å². The molecule has 0 bridgehead atoms. The predicted octanol–water partition coefficient (Wildman–Crippen LogP) is 2.98. The lowest BCUT2D eigenvalue weighted by Crippen LogP contribution is -2.15. The van der Waals surface area contributed by atoms with E-state index >= 15 is 0 Å². The average Bonchev–Trinajstić information content (AvgIpc) is 2.36. The Bertz CT molecular complexity index is 339. The maximum atomic E-state index is 5.91. The van der Waals surface area contributed by atoms with Gasteiger partial charge in [-0.2, -0.15) is 0 Å². The molecule has 0 amide bonds. The molecule has 0 aromatic heterocycles. The van der Waals surface area contributed by atoms with Crippen LogP contribution in [-0.2, 0) is 6.54 Å². The Labute approximate surface area is 104 Å². The van der Waals surface area contributed by atoms with Crippen molar-refractivity contribution in [2.24, 2.45) is 0 Å². The summed E-state index contributed by atoms with van der Waals surface area (Å²) < 4.78 is 11.1. The fourth-order valence-corrected chi connectivity index (χ4v) is 1.48. The van der Waals surface area contributed by atoms with Crippen LogP contribution in [0.15, 0.2) is 18.2 Å². The topological polar surface area (TPSA) is 30.5 Å². The van der Waals surface area contributed by atoms with E-state index in [1.807, 2.05) is 12.1 Å². The van der Waals surface area contributed by atoms with Gasteiger partial charge >= 0.3 is 0 Å². The highest BCUT2D eigenvalue weighted by atomic mass is 16.5. The molecule has 1 N–H and O–H groups in total. The minimum atomic E-state index is 0.225. The van der Waals surface area contributed by atoms with Crippen molar-refractivity contribution in [2.75, 3.05) is 13.7 Å². The lowest BCUT2D eigenvalue weighted by molar-refractivity contribution is 0.214. The van der Waals surface area contributed by atoms with E-state index < -0.39 is 0 Å². The average molecular weight is 237 g/mol. The minimum Gasteiger partial charge on any atom is -0.497 e. The van der Waals surface area contributed by atoms with Crippen LogP contribution < -0.4 is 14.8 Å². The van der Waals surface area contributed by atoms with E-state index in [9.17, 15) is 0 Å². The zero-order valence-electron chi connectivity index (χ0n) is 11.2. The molecule has 0 saturated carbocycles. The van der Waals surface area contributed by atoms with Gasteiger partial charge in [-0.3, -0.25) is 0 Å². The molecule has 1 atom stereocenters. The molecular weight excluding hydrogens is 214 g/mol. The summed E-state index contributed by atoms with van der Waals surface area (Å²) in [6.45, 7) is 8.07. The van der Waals surface area contributed by atoms with Gasteiger partial charge in [0.05, 0.1) is 13.2 Å². The molecule has 0 saturated heterocycles. The van der Waals surface area contributed by atoms with Crippen LogP contribution in [0.25, 0.3) is 0 Å². The fourth-order valence-electron chi connectivity index (χ4n) is 1.48. The molecule has 17 heavy (non-hydrogen) atoms. The first-order valence-electron chi connectivity index (χ1n) is 6.25. The van der Waals surface area contributed by atoms with Crippen molar-refractivity contribution in [2.45, 2.75) is 39.8 Å². The van der Waals surface area contributed by atoms with Gasteiger partial charge in [-0.05, 0) is 26.0 Å². The monoisotopic (exact) mass is 237 g/mol. The van der Waals surface area contributed by atoms with Gasteiger partial charge in [-0.15, -0.1) is 0 Å². The molecule has 0 heterocycles. The third kappa shape index (κ3) is 4.27. The normalized spacial score (nSPS) is 12.2. The van der Waals surface area contributed by atoms with Crippen molar-refractivity contribution in [3.05, 3.63) is 23.8 Å². The lowest BCUT2D eigenvalue weighted by atomic mass is 10.2. The van der Waals surface area contributed by atoms with E-state index in [0.717, 1.165) is 31.0 Å². The van der Waals surface area contributed by atoms with Crippen LogP contribution in [0.1, 0.15) is 32.8 Å². The van der Waals surface area contributed by atoms with Crippen LogP contribution in [0, 0.1) is 0 Å². The van der Waals surface area contributed by atoms with Crippen molar-refractivity contribution < 1.29 is 9.47 Å². The molecule has 1 aromatic rings. The highest BCUT2D eigenvalue weighted by molar-refractivity contribution is 5.40. The van der Waals surface area contributed by atoms with Gasteiger partial charge in [0.2, 0.25) is 0 Å². The first-order chi connectivity index (χ1) is 8.21. The van der Waals surface area contributed by atoms with E-state index in [1.165, 1.54) is 5.56 Å². The maximum Gasteiger partial charge on any atom is 0.127 e. The van der Waals surface area contributed by atoms with Crippen molar-refractivity contribution in [3.63, 3.8) is 0 Å². The number of nitrogens with one attached hydrogen (secondary N) is 1. The summed E-state index contributed by atoms with van der Waals surface area (Å²) in [5, 5.41) is 3.31. The van der Waals surface area contributed by atoms with Gasteiger partial charge in [0.15, 0.2) is 0 Å². The molecule has 0 radical (unpaired) electrons. The Morgan fingerprint density at radius 3 is 2.65 bits per heavy atom. The lowest BCUT2D eigenvalue weighted by Gasteiger charge is -2.17. The SMILES string of the molecule is CCNCc1ccc(OC)cc1OC(C)CC. The summed E-state index contributed by atoms with van der Waals surface area (Å²) in [6, 6.07) is 5.98. The number of hydrogen-bond donors (Lipinski definition) is 1. The summed E-state index contributed by atoms with van der Waals surface area (Å²) in [5.74, 6) is 1.75. The van der Waals surface area contributed by atoms with Gasteiger partial charge in [0.1, 0.15) is 11.5 Å². The van der Waals surface area contributed by atoms with Crippen molar-refractivity contribution in [3.8, 4) is 11.5 Å². The zero-order chi connectivity index (χ0) is 12.7. The van der Waals surface area contributed by atoms with E-state index in [1.54, 1.807) is 7.11 Å². The van der Waals surface area contributed by atoms with Crippen molar-refractivity contribution in [1.82, 2.24) is 5.32 Å². The summed E-state index contributed by atoms with van der Waals surface area (Å²) in [4.78, 5) is 0. The first-order valence-corrected chi connectivity index (χ1v) is 6.25. The van der Waals surface area contributed by atoms with Crippen molar-refractivity contribution in [1.29, 1.82) is 0 Å². The Morgan fingerprint density at radius 2 is 2.06 bits per heavy atom. The molecular formula is C14H23NO2. The summed E-state index contributed by atoms with van der Waals surface area (Å²) in [6.07, 6.45) is 1.22. The highest BCUT2D eigenvalue weighted by Gasteiger charge is 2.08. The molecule has 3 nitrogen and oxygen atoms in total. The van der Waals surface area contributed by atoms with Crippen LogP contribution >= 0.6 is 0 Å². The molecule has 1 rings (SSSR count). The third-order valence-electron chi connectivity index (χ3n) is 2.74. The van der Waals surface area contributed by atoms with E-state index in [-0.39, 0.29) is 6.10 Å². The van der Waals surface area contributed by atoms with E-state index in [2.05, 4.69) is 32.2 Å². The number of methoxy groups -OCH3 is 1. The Balaban J connectivity index is 2.86. The van der Waals surface area contributed by atoms with Crippen LogP contribution in [0.5, 0.6) is 11.5 Å². The smallest absolute Gasteiger partial charge is 0.127 e. The molecule has 0 aliphatic heterocycles. The van der Waals surface area contributed by atoms with Crippen LogP contribution in [0.2, 0.25) is 0 Å². The quantitative estimate of drug-likeness (QED) is 0.791. The first kappa shape index (κ1) is 13.8. The van der Waals surface area contributed by atoms with Gasteiger partial charge in [-0.1, -0.05) is 19.9 Å². The second kappa shape index (κ2) is 7.17. The second-order valence-corrected chi connectivity index (χ2v) is 4.09. The maximum absolute atomic E-state index is 5.91. The zero-order valence-corrected chi connectivity index (χ0v) is 11.2. The van der Waals surface area contributed by atoms with Gasteiger partial charge in [0.25, 0.3) is 0 Å². The number of ether oxygens (including phenoxy) is 2. The molecule has 0 spiro atoms. The Morgan fingerprint density at radius 1 is 1.29 bits per heavy atom. The molecule has 3 heteroatoms. The number of rotatable bonds is 7. The van der Waals surface area contributed by atoms with Crippen LogP contribution in [0.4, 0.5) is 0 Å². The highest BCUT2D eigenvalue weighted by Crippen LogP contribution is 2.26. The largest absolute Gasteiger partial charge is 0.497 e. The third-order valence-corrected chi connectivity index (χ3v) is 2.74. The molecule has 0 fully saturated rings. The van der Waals surface area contributed by atoms with Gasteiger partial charge < -0.3 is 14.8 Å². The molecule has 0 aliphatic carbocycles. The second-order valence-electron chi connectivity index (χ2n) is 4.09. The van der Waals surface area contributed by atoms with Crippen LogP contribution in [0.3, 0.4) is 0 Å². The fraction of sp³-hybridized carbons (Fsp3) is 0.571. The van der Waals surface area contributed by atoms with Gasteiger partial charge in [0, 0.05) is 18.2 Å². The van der Waals surface area contributed by atoms with Crippen LogP contribution in [-0.4, -0.2) is 19.8 Å². The number of hydrogen-bond acceptors (Lipinski definition) is 3. The summed E-state index contributed by atoms with van der Waals surface area (Å²) >= 11 is 0. The van der Waals surface area contributed by atoms with E-state index in [0.29, 0.717) is 0 Å². The summed E-state index contributed by atoms with van der Waals surface area (Å²) in [5.41, 5.74) is 1.17. The molecule has 96 valence electrons. The van der Waals surface area contributed by atoms with E-state index in [4.69, 9.17) is 9.47 Å². The molecule has 1 unspecified atom stereocenters. The summed E-state index contributed by atoms with van der Waals surface area (Å²) in [7, 11) is 1.67.